The van der Waals surface area contributed by atoms with E-state index in [-0.39, 0.29) is 54.5 Å². The summed E-state index contributed by atoms with van der Waals surface area (Å²) in [5.41, 5.74) is 1.47. The number of esters is 1. The van der Waals surface area contributed by atoms with Crippen LogP contribution in [0.3, 0.4) is 0 Å². The van der Waals surface area contributed by atoms with Crippen molar-refractivity contribution < 1.29 is 36.3 Å². The van der Waals surface area contributed by atoms with E-state index in [2.05, 4.69) is 5.32 Å². The highest BCUT2D eigenvalue weighted by Crippen LogP contribution is 2.35. The second-order valence-electron chi connectivity index (χ2n) is 13.7. The molecule has 0 aliphatic carbocycles. The number of aryl methyl sites for hydroxylation is 3. The van der Waals surface area contributed by atoms with Crippen LogP contribution < -0.4 is 10.9 Å². The van der Waals surface area contributed by atoms with Gasteiger partial charge in [-0.3, -0.25) is 18.8 Å². The van der Waals surface area contributed by atoms with Gasteiger partial charge in [0.15, 0.2) is 0 Å². The molecule has 50 heavy (non-hydrogen) atoms. The number of likely N-dealkylation sites (tertiary alicyclic amines) is 1. The SMILES string of the molecule is CCOC(=O)C[C@H](NC(=O)C(CC(C)C)n1cc(CCN2CC(CF)C2)c(C(F)(F)F)cc1=O)c1cc(-c2c(C)cccc2C)cc(C)c1F. The van der Waals surface area contributed by atoms with Crippen molar-refractivity contribution in [3.63, 3.8) is 0 Å². The van der Waals surface area contributed by atoms with Crippen LogP contribution in [0.1, 0.15) is 79.1 Å². The molecular weight excluding hydrogens is 657 g/mol. The smallest absolute Gasteiger partial charge is 0.416 e. The van der Waals surface area contributed by atoms with E-state index in [1.54, 1.807) is 39.8 Å². The van der Waals surface area contributed by atoms with E-state index in [9.17, 15) is 31.9 Å². The monoisotopic (exact) mass is 703 g/mol. The van der Waals surface area contributed by atoms with Crippen molar-refractivity contribution in [1.82, 2.24) is 14.8 Å². The van der Waals surface area contributed by atoms with Gasteiger partial charge in [-0.25, -0.2) is 4.39 Å². The topological polar surface area (TPSA) is 80.6 Å². The Morgan fingerprint density at radius 3 is 2.28 bits per heavy atom. The molecule has 0 radical (unpaired) electrons. The molecule has 2 heterocycles. The number of amides is 1. The lowest BCUT2D eigenvalue weighted by molar-refractivity contribution is -0.144. The molecule has 3 aromatic rings. The Hall–Kier alpha value is -4.06. The zero-order chi connectivity index (χ0) is 36.9. The van der Waals surface area contributed by atoms with Crippen molar-refractivity contribution >= 4 is 11.9 Å². The molecule has 2 atom stereocenters. The number of nitrogens with one attached hydrogen (secondary N) is 1. The van der Waals surface area contributed by atoms with Crippen LogP contribution in [0.5, 0.6) is 0 Å². The molecule has 1 amide bonds. The number of aromatic nitrogens is 1. The molecule has 0 spiro atoms. The summed E-state index contributed by atoms with van der Waals surface area (Å²) in [7, 11) is 0. The maximum absolute atomic E-state index is 16.0. The molecule has 1 N–H and O–H groups in total. The lowest BCUT2D eigenvalue weighted by Crippen LogP contribution is -2.48. The third kappa shape index (κ3) is 9.18. The van der Waals surface area contributed by atoms with Crippen molar-refractivity contribution in [2.24, 2.45) is 11.8 Å². The average Bonchev–Trinajstić information content (AvgIpc) is 3.00. The maximum atomic E-state index is 16.0. The van der Waals surface area contributed by atoms with Crippen LogP contribution in [0, 0.1) is 38.4 Å². The fraction of sp³-hybridized carbons (Fsp3) is 0.500. The summed E-state index contributed by atoms with van der Waals surface area (Å²) in [5.74, 6) is -2.42. The first kappa shape index (κ1) is 38.7. The molecule has 7 nitrogen and oxygen atoms in total. The number of hydrogen-bond acceptors (Lipinski definition) is 5. The van der Waals surface area contributed by atoms with Crippen LogP contribution in [0.15, 0.2) is 47.4 Å². The van der Waals surface area contributed by atoms with Gasteiger partial charge >= 0.3 is 12.1 Å². The van der Waals surface area contributed by atoms with Crippen molar-refractivity contribution in [1.29, 1.82) is 0 Å². The van der Waals surface area contributed by atoms with Crippen LogP contribution >= 0.6 is 0 Å². The lowest BCUT2D eigenvalue weighted by Gasteiger charge is -2.38. The fourth-order valence-corrected chi connectivity index (χ4v) is 6.69. The summed E-state index contributed by atoms with van der Waals surface area (Å²) in [6, 6.07) is 7.05. The number of rotatable bonds is 14. The van der Waals surface area contributed by atoms with Crippen LogP contribution in [-0.2, 0) is 26.9 Å². The normalized spacial score (nSPS) is 15.1. The number of ether oxygens (including phenoxy) is 1. The first-order valence-corrected chi connectivity index (χ1v) is 17.0. The first-order chi connectivity index (χ1) is 23.5. The number of halogens is 5. The van der Waals surface area contributed by atoms with E-state index in [0.717, 1.165) is 27.5 Å². The molecule has 0 bridgehead atoms. The second-order valence-corrected chi connectivity index (χ2v) is 13.7. The van der Waals surface area contributed by atoms with Crippen molar-refractivity contribution in [3.8, 4) is 11.1 Å². The molecule has 1 aliphatic heterocycles. The van der Waals surface area contributed by atoms with Gasteiger partial charge in [0.1, 0.15) is 11.9 Å². The van der Waals surface area contributed by atoms with Crippen LogP contribution in [0.4, 0.5) is 22.0 Å². The molecule has 1 unspecified atom stereocenters. The summed E-state index contributed by atoms with van der Waals surface area (Å²) in [6.07, 6.45) is -4.18. The Balaban J connectivity index is 1.77. The zero-order valence-corrected chi connectivity index (χ0v) is 29.4. The van der Waals surface area contributed by atoms with E-state index < -0.39 is 60.2 Å². The lowest BCUT2D eigenvalue weighted by atomic mass is 9.90. The molecular formula is C38H46F5N3O4. The number of carbonyl (C=O) groups excluding carboxylic acids is 2. The molecule has 1 fully saturated rings. The van der Waals surface area contributed by atoms with Gasteiger partial charge in [0.2, 0.25) is 5.91 Å². The standard InChI is InChI=1S/C38H46F5N3O4/c1-7-50-34(48)17-31(29-15-28(14-25(6)36(29)40)35-23(4)9-8-10-24(35)5)44-37(49)32(13-22(2)3)46-21-27(11-12-45-19-26(18-39)20-45)30(16-33(46)47)38(41,42)43/h8-10,14-16,21-22,26,31-32H,7,11-13,17-20H2,1-6H3,(H,44,49)/t31-,32?/m0/s1. The molecule has 1 aliphatic rings. The number of pyridine rings is 1. The Kier molecular flexibility index (Phi) is 12.6. The Morgan fingerprint density at radius 1 is 1.04 bits per heavy atom. The van der Waals surface area contributed by atoms with E-state index in [1.165, 1.54) is 0 Å². The Bertz CT molecular complexity index is 1730. The summed E-state index contributed by atoms with van der Waals surface area (Å²) < 4.78 is 77.4. The van der Waals surface area contributed by atoms with Gasteiger partial charge < -0.3 is 19.5 Å². The van der Waals surface area contributed by atoms with Gasteiger partial charge in [-0.1, -0.05) is 32.0 Å². The third-order valence-electron chi connectivity index (χ3n) is 9.17. The number of nitrogens with zero attached hydrogens (tertiary/aromatic N) is 2. The van der Waals surface area contributed by atoms with Gasteiger partial charge in [0, 0.05) is 43.4 Å². The minimum atomic E-state index is -4.82. The van der Waals surface area contributed by atoms with Gasteiger partial charge in [0.05, 0.1) is 31.3 Å². The zero-order valence-electron chi connectivity index (χ0n) is 29.4. The minimum absolute atomic E-state index is 0.0361. The van der Waals surface area contributed by atoms with Gasteiger partial charge in [-0.05, 0) is 92.0 Å². The average molecular weight is 704 g/mol. The Labute approximate surface area is 289 Å². The summed E-state index contributed by atoms with van der Waals surface area (Å²) in [6.45, 7) is 11.3. The fourth-order valence-electron chi connectivity index (χ4n) is 6.69. The van der Waals surface area contributed by atoms with Gasteiger partial charge in [-0.15, -0.1) is 0 Å². The minimum Gasteiger partial charge on any atom is -0.466 e. The summed E-state index contributed by atoms with van der Waals surface area (Å²) >= 11 is 0. The van der Waals surface area contributed by atoms with E-state index in [4.69, 9.17) is 4.74 Å². The van der Waals surface area contributed by atoms with Crippen LogP contribution in [0.2, 0.25) is 0 Å². The van der Waals surface area contributed by atoms with Crippen molar-refractivity contribution in [2.45, 2.75) is 79.1 Å². The van der Waals surface area contributed by atoms with Gasteiger partial charge in [-0.2, -0.15) is 13.2 Å². The van der Waals surface area contributed by atoms with Crippen LogP contribution in [0.25, 0.3) is 11.1 Å². The highest BCUT2D eigenvalue weighted by Gasteiger charge is 2.37. The van der Waals surface area contributed by atoms with E-state index >= 15 is 4.39 Å². The maximum Gasteiger partial charge on any atom is 0.416 e. The first-order valence-electron chi connectivity index (χ1n) is 17.0. The Morgan fingerprint density at radius 2 is 1.70 bits per heavy atom. The summed E-state index contributed by atoms with van der Waals surface area (Å²) in [4.78, 5) is 42.2. The molecule has 2 aromatic carbocycles. The van der Waals surface area contributed by atoms with E-state index in [0.29, 0.717) is 24.7 Å². The largest absolute Gasteiger partial charge is 0.466 e. The molecule has 1 aromatic heterocycles. The molecule has 0 saturated carbocycles. The highest BCUT2D eigenvalue weighted by atomic mass is 19.4. The van der Waals surface area contributed by atoms with Crippen molar-refractivity contribution in [3.05, 3.63) is 92.1 Å². The number of hydrogen-bond donors (Lipinski definition) is 1. The number of benzene rings is 2. The predicted octanol–water partition coefficient (Wildman–Crippen LogP) is 7.44. The van der Waals surface area contributed by atoms with E-state index in [1.807, 2.05) is 36.9 Å². The van der Waals surface area contributed by atoms with Crippen LogP contribution in [-0.4, -0.2) is 54.3 Å². The predicted molar refractivity (Wildman–Crippen MR) is 182 cm³/mol. The second kappa shape index (κ2) is 16.3. The summed E-state index contributed by atoms with van der Waals surface area (Å²) in [5, 5.41) is 2.77. The van der Waals surface area contributed by atoms with Crippen molar-refractivity contribution in [2.75, 3.05) is 32.9 Å². The number of alkyl halides is 4. The molecule has 12 heteroatoms. The highest BCUT2D eigenvalue weighted by molar-refractivity contribution is 5.82. The number of carbonyl (C=O) groups is 2. The molecule has 4 rings (SSSR count). The third-order valence-corrected chi connectivity index (χ3v) is 9.17. The molecule has 1 saturated heterocycles. The van der Waals surface area contributed by atoms with Gasteiger partial charge in [0.25, 0.3) is 5.56 Å². The molecule has 272 valence electrons. The quantitative estimate of drug-likeness (QED) is 0.140.